The van der Waals surface area contributed by atoms with E-state index < -0.39 is 0 Å². The Bertz CT molecular complexity index is 346. The van der Waals surface area contributed by atoms with Gasteiger partial charge in [-0.1, -0.05) is 18.5 Å². The van der Waals surface area contributed by atoms with Crippen molar-refractivity contribution in [2.24, 2.45) is 5.92 Å². The smallest absolute Gasteiger partial charge is 0.274 e. The molecule has 2 rings (SSSR count). The van der Waals surface area contributed by atoms with Gasteiger partial charge in [-0.3, -0.25) is 4.79 Å². The molecule has 0 aromatic carbocycles. The first-order chi connectivity index (χ1) is 6.66. The zero-order chi connectivity index (χ0) is 10.1. The lowest BCUT2D eigenvalue weighted by molar-refractivity contribution is 0.0524. The minimum atomic E-state index is -0.0627. The van der Waals surface area contributed by atoms with Gasteiger partial charge < -0.3 is 4.90 Å². The van der Waals surface area contributed by atoms with Crippen LogP contribution in [0.25, 0.3) is 0 Å². The zero-order valence-corrected chi connectivity index (χ0v) is 8.53. The lowest BCUT2D eigenvalue weighted by Gasteiger charge is -2.36. The second-order valence-electron chi connectivity index (χ2n) is 3.54. The van der Waals surface area contributed by atoms with Crippen molar-refractivity contribution in [3.63, 3.8) is 0 Å². The molecule has 0 N–H and O–H groups in total. The van der Waals surface area contributed by atoms with Crippen LogP contribution in [0, 0.1) is 5.92 Å². The van der Waals surface area contributed by atoms with Crippen molar-refractivity contribution in [3.05, 3.63) is 23.2 Å². The predicted molar refractivity (Wildman–Crippen MR) is 52.1 cm³/mol. The summed E-state index contributed by atoms with van der Waals surface area (Å²) in [5.74, 6) is 0.534. The molecule has 14 heavy (non-hydrogen) atoms. The van der Waals surface area contributed by atoms with Gasteiger partial charge in [0.05, 0.1) is 12.4 Å². The number of amides is 1. The van der Waals surface area contributed by atoms with Gasteiger partial charge >= 0.3 is 0 Å². The third kappa shape index (κ3) is 1.70. The fraction of sp³-hybridized carbons (Fsp3) is 0.444. The van der Waals surface area contributed by atoms with Crippen LogP contribution in [0.4, 0.5) is 0 Å². The summed E-state index contributed by atoms with van der Waals surface area (Å²) in [5, 5.41) is 0.304. The maximum absolute atomic E-state index is 11.7. The number of likely N-dealkylation sites (tertiary alicyclic amines) is 1. The average molecular weight is 212 g/mol. The highest BCUT2D eigenvalue weighted by molar-refractivity contribution is 6.29. The van der Waals surface area contributed by atoms with Crippen LogP contribution in [0.5, 0.6) is 0 Å². The molecule has 0 spiro atoms. The molecule has 0 aliphatic carbocycles. The van der Waals surface area contributed by atoms with Crippen LogP contribution in [0.2, 0.25) is 5.15 Å². The number of hydrogen-bond acceptors (Lipinski definition) is 3. The normalized spacial score (nSPS) is 16.6. The molecule has 1 aliphatic rings. The first-order valence-electron chi connectivity index (χ1n) is 4.43. The van der Waals surface area contributed by atoms with Gasteiger partial charge in [0.15, 0.2) is 0 Å². The van der Waals surface area contributed by atoms with E-state index in [2.05, 4.69) is 16.9 Å². The number of carbonyl (C=O) groups is 1. The Morgan fingerprint density at radius 2 is 2.21 bits per heavy atom. The fourth-order valence-corrected chi connectivity index (χ4v) is 1.55. The largest absolute Gasteiger partial charge is 0.337 e. The Kier molecular flexibility index (Phi) is 2.37. The van der Waals surface area contributed by atoms with E-state index in [-0.39, 0.29) is 5.91 Å². The predicted octanol–water partition coefficient (Wildman–Crippen LogP) is 1.22. The van der Waals surface area contributed by atoms with Crippen molar-refractivity contribution in [3.8, 4) is 0 Å². The summed E-state index contributed by atoms with van der Waals surface area (Å²) in [6.45, 7) is 3.73. The minimum absolute atomic E-state index is 0.0627. The molecule has 1 aromatic heterocycles. The van der Waals surface area contributed by atoms with Crippen LogP contribution in [0.15, 0.2) is 12.4 Å². The summed E-state index contributed by atoms with van der Waals surface area (Å²) >= 11 is 5.57. The monoisotopic (exact) mass is 211 g/mol. The van der Waals surface area contributed by atoms with Crippen LogP contribution in [-0.4, -0.2) is 33.9 Å². The number of hydrogen-bond donors (Lipinski definition) is 0. The Hall–Kier alpha value is -1.16. The van der Waals surface area contributed by atoms with Crippen molar-refractivity contribution in [1.29, 1.82) is 0 Å². The molecule has 0 atom stereocenters. The standard InChI is InChI=1S/C9H10ClN3O/c1-6-4-13(5-6)9(14)7-2-12-8(10)3-11-7/h2-3,6H,4-5H2,1H3. The molecular formula is C9H10ClN3O. The van der Waals surface area contributed by atoms with E-state index in [9.17, 15) is 4.79 Å². The first-order valence-corrected chi connectivity index (χ1v) is 4.81. The second kappa shape index (κ2) is 3.53. The van der Waals surface area contributed by atoms with Gasteiger partial charge in [0.2, 0.25) is 0 Å². The molecule has 2 heterocycles. The van der Waals surface area contributed by atoms with Crippen LogP contribution >= 0.6 is 11.6 Å². The molecule has 0 unspecified atom stereocenters. The van der Waals surface area contributed by atoms with Crippen molar-refractivity contribution in [2.45, 2.75) is 6.92 Å². The zero-order valence-electron chi connectivity index (χ0n) is 7.77. The van der Waals surface area contributed by atoms with E-state index in [4.69, 9.17) is 11.6 Å². The van der Waals surface area contributed by atoms with E-state index in [0.29, 0.717) is 16.8 Å². The molecule has 74 valence electrons. The van der Waals surface area contributed by atoms with Gasteiger partial charge in [-0.15, -0.1) is 0 Å². The third-order valence-electron chi connectivity index (χ3n) is 2.19. The quantitative estimate of drug-likeness (QED) is 0.702. The minimum Gasteiger partial charge on any atom is -0.337 e. The van der Waals surface area contributed by atoms with Gasteiger partial charge in [0.1, 0.15) is 10.8 Å². The number of halogens is 1. The second-order valence-corrected chi connectivity index (χ2v) is 3.93. The average Bonchev–Trinajstić information content (AvgIpc) is 2.13. The molecule has 4 nitrogen and oxygen atoms in total. The van der Waals surface area contributed by atoms with Crippen molar-refractivity contribution in [2.75, 3.05) is 13.1 Å². The number of rotatable bonds is 1. The lowest BCUT2D eigenvalue weighted by Crippen LogP contribution is -2.48. The fourth-order valence-electron chi connectivity index (χ4n) is 1.45. The van der Waals surface area contributed by atoms with Gasteiger partial charge in [-0.05, 0) is 5.92 Å². The molecule has 0 radical (unpaired) electrons. The topological polar surface area (TPSA) is 46.1 Å². The number of aromatic nitrogens is 2. The molecule has 1 aromatic rings. The van der Waals surface area contributed by atoms with Gasteiger partial charge in [0, 0.05) is 13.1 Å². The van der Waals surface area contributed by atoms with Gasteiger partial charge in [0.25, 0.3) is 5.91 Å². The maximum atomic E-state index is 11.7. The van der Waals surface area contributed by atoms with Gasteiger partial charge in [-0.2, -0.15) is 0 Å². The van der Waals surface area contributed by atoms with E-state index in [0.717, 1.165) is 13.1 Å². The Balaban J connectivity index is 2.08. The molecule has 1 fully saturated rings. The summed E-state index contributed by atoms with van der Waals surface area (Å²) in [7, 11) is 0. The van der Waals surface area contributed by atoms with Gasteiger partial charge in [-0.25, -0.2) is 9.97 Å². The molecule has 5 heteroatoms. The van der Waals surface area contributed by atoms with E-state index >= 15 is 0 Å². The van der Waals surface area contributed by atoms with E-state index in [1.54, 1.807) is 4.90 Å². The van der Waals surface area contributed by atoms with Crippen molar-refractivity contribution < 1.29 is 4.79 Å². The van der Waals surface area contributed by atoms with Crippen LogP contribution in [0.1, 0.15) is 17.4 Å². The van der Waals surface area contributed by atoms with E-state index in [1.807, 2.05) is 0 Å². The molecule has 1 amide bonds. The van der Waals surface area contributed by atoms with Crippen molar-refractivity contribution in [1.82, 2.24) is 14.9 Å². The highest BCUT2D eigenvalue weighted by Crippen LogP contribution is 2.16. The Morgan fingerprint density at radius 3 is 2.71 bits per heavy atom. The van der Waals surface area contributed by atoms with Crippen molar-refractivity contribution >= 4 is 17.5 Å². The summed E-state index contributed by atoms with van der Waals surface area (Å²) < 4.78 is 0. The van der Waals surface area contributed by atoms with Crippen LogP contribution < -0.4 is 0 Å². The maximum Gasteiger partial charge on any atom is 0.274 e. The molecule has 0 bridgehead atoms. The molecule has 1 saturated heterocycles. The lowest BCUT2D eigenvalue weighted by atomic mass is 10.0. The number of carbonyl (C=O) groups excluding carboxylic acids is 1. The Labute approximate surface area is 86.9 Å². The summed E-state index contributed by atoms with van der Waals surface area (Å²) in [6.07, 6.45) is 2.80. The number of nitrogens with zero attached hydrogens (tertiary/aromatic N) is 3. The van der Waals surface area contributed by atoms with Crippen LogP contribution in [0.3, 0.4) is 0 Å². The molecular weight excluding hydrogens is 202 g/mol. The summed E-state index contributed by atoms with van der Waals surface area (Å²) in [4.78, 5) is 21.2. The highest BCUT2D eigenvalue weighted by atomic mass is 35.5. The summed E-state index contributed by atoms with van der Waals surface area (Å²) in [5.41, 5.74) is 0.362. The summed E-state index contributed by atoms with van der Waals surface area (Å²) in [6, 6.07) is 0. The molecule has 1 aliphatic heterocycles. The van der Waals surface area contributed by atoms with E-state index in [1.165, 1.54) is 12.4 Å². The van der Waals surface area contributed by atoms with Crippen LogP contribution in [-0.2, 0) is 0 Å². The third-order valence-corrected chi connectivity index (χ3v) is 2.39. The SMILES string of the molecule is CC1CN(C(=O)c2cnc(Cl)cn2)C1. The Morgan fingerprint density at radius 1 is 1.50 bits per heavy atom. The molecule has 0 saturated carbocycles. The first kappa shape index (κ1) is 9.40. The highest BCUT2D eigenvalue weighted by Gasteiger charge is 2.28.